The molecule has 0 bridgehead atoms. The van der Waals surface area contributed by atoms with Crippen LogP contribution in [0.5, 0.6) is 0 Å². The second-order valence-electron chi connectivity index (χ2n) is 9.73. The van der Waals surface area contributed by atoms with Crippen LogP contribution in [0.3, 0.4) is 0 Å². The van der Waals surface area contributed by atoms with Gasteiger partial charge in [-0.1, -0.05) is 32.9 Å². The zero-order valence-corrected chi connectivity index (χ0v) is 19.3. The zero-order chi connectivity index (χ0) is 22.1. The van der Waals surface area contributed by atoms with Crippen molar-refractivity contribution in [3.05, 3.63) is 11.8 Å². The molecular weight excluding hydrogens is 384 g/mol. The van der Waals surface area contributed by atoms with Crippen molar-refractivity contribution < 1.29 is 23.7 Å². The number of nitrogens with one attached hydrogen (secondary N) is 2. The molecule has 2 amide bonds. The summed E-state index contributed by atoms with van der Waals surface area (Å²) in [6, 6.07) is 1.66. The summed E-state index contributed by atoms with van der Waals surface area (Å²) >= 11 is 0. The predicted octanol–water partition coefficient (Wildman–Crippen LogP) is 1.52. The molecule has 170 valence electrons. The van der Waals surface area contributed by atoms with Crippen LogP contribution in [0.25, 0.3) is 0 Å². The zero-order valence-electron chi connectivity index (χ0n) is 19.3. The molecule has 1 aliphatic rings. The monoisotopic (exact) mass is 423 g/mol. The number of hydrogen-bond acceptors (Lipinski definition) is 5. The summed E-state index contributed by atoms with van der Waals surface area (Å²) in [4.78, 5) is 28.7. The van der Waals surface area contributed by atoms with E-state index in [4.69, 9.17) is 9.26 Å². The molecule has 8 nitrogen and oxygen atoms in total. The van der Waals surface area contributed by atoms with Gasteiger partial charge in [-0.15, -0.1) is 0 Å². The third kappa shape index (κ3) is 9.26. The molecule has 1 aliphatic heterocycles. The molecule has 0 unspecified atom stereocenters. The van der Waals surface area contributed by atoms with Gasteiger partial charge in [0.25, 0.3) is 0 Å². The summed E-state index contributed by atoms with van der Waals surface area (Å²) < 4.78 is 10.4. The number of rotatable bonds is 10. The molecular formula is C22H39N4O4+. The number of aromatic nitrogens is 1. The van der Waals surface area contributed by atoms with E-state index in [1.165, 1.54) is 4.90 Å². The number of morpholine rings is 1. The summed E-state index contributed by atoms with van der Waals surface area (Å²) in [5, 5.41) is 6.51. The van der Waals surface area contributed by atoms with Gasteiger partial charge in [0.15, 0.2) is 5.82 Å². The molecule has 8 heteroatoms. The Bertz CT molecular complexity index is 677. The van der Waals surface area contributed by atoms with Gasteiger partial charge >= 0.3 is 0 Å². The minimum absolute atomic E-state index is 0.0332. The van der Waals surface area contributed by atoms with Crippen molar-refractivity contribution in [3.63, 3.8) is 0 Å². The maximum absolute atomic E-state index is 13.0. The standard InChI is InChI=1S/C22H38N4O4/c1-17(15-22(3,4)5)13-21(28)26(8-6-7-25-9-11-29-12-10-25)16-20(27)23-19-14-18(2)30-24-19/h14,17H,6-13,15-16H2,1-5H3,(H,23,24,27)/p+1/t17-/m1/s1. The molecule has 0 spiro atoms. The van der Waals surface area contributed by atoms with Crippen LogP contribution in [0.1, 0.15) is 52.7 Å². The van der Waals surface area contributed by atoms with Gasteiger partial charge in [0.2, 0.25) is 11.8 Å². The van der Waals surface area contributed by atoms with Crippen molar-refractivity contribution in [1.29, 1.82) is 0 Å². The summed E-state index contributed by atoms with van der Waals surface area (Å²) in [5.74, 6) is 1.06. The van der Waals surface area contributed by atoms with Crippen LogP contribution in [0, 0.1) is 18.3 Å². The Morgan fingerprint density at radius 1 is 1.30 bits per heavy atom. The molecule has 1 fully saturated rings. The lowest BCUT2D eigenvalue weighted by Crippen LogP contribution is -3.14. The minimum atomic E-state index is -0.251. The number of nitrogens with zero attached hydrogens (tertiary/aromatic N) is 2. The molecule has 0 aromatic carbocycles. The summed E-state index contributed by atoms with van der Waals surface area (Å²) in [6.07, 6.45) is 2.29. The van der Waals surface area contributed by atoms with Crippen LogP contribution in [0.4, 0.5) is 5.82 Å². The molecule has 1 aromatic heterocycles. The van der Waals surface area contributed by atoms with Gasteiger partial charge in [0.05, 0.1) is 26.3 Å². The largest absolute Gasteiger partial charge is 0.370 e. The number of anilines is 1. The van der Waals surface area contributed by atoms with Gasteiger partial charge in [-0.25, -0.2) is 0 Å². The molecule has 1 aromatic rings. The molecule has 0 aliphatic carbocycles. The fourth-order valence-corrected chi connectivity index (χ4v) is 4.05. The number of carbonyl (C=O) groups is 2. The molecule has 1 saturated heterocycles. The van der Waals surface area contributed by atoms with E-state index in [2.05, 4.69) is 38.2 Å². The number of amides is 2. The Morgan fingerprint density at radius 2 is 2.00 bits per heavy atom. The van der Waals surface area contributed by atoms with Crippen molar-refractivity contribution in [2.75, 3.05) is 51.3 Å². The number of hydrogen-bond donors (Lipinski definition) is 2. The first kappa shape index (κ1) is 24.3. The highest BCUT2D eigenvalue weighted by atomic mass is 16.5. The van der Waals surface area contributed by atoms with Gasteiger partial charge in [-0.05, 0) is 24.7 Å². The SMILES string of the molecule is Cc1cc(NC(=O)CN(CCC[NH+]2CCOCC2)C(=O)C[C@@H](C)CC(C)(C)C)no1. The van der Waals surface area contributed by atoms with Crippen molar-refractivity contribution in [2.45, 2.75) is 53.9 Å². The summed E-state index contributed by atoms with van der Waals surface area (Å²) in [6.45, 7) is 15.6. The van der Waals surface area contributed by atoms with E-state index in [0.717, 1.165) is 45.7 Å². The van der Waals surface area contributed by atoms with Gasteiger partial charge in [0, 0.05) is 25.5 Å². The van der Waals surface area contributed by atoms with Gasteiger partial charge in [-0.3, -0.25) is 9.59 Å². The Labute approximate surface area is 180 Å². The van der Waals surface area contributed by atoms with E-state index in [1.807, 2.05) is 0 Å². The van der Waals surface area contributed by atoms with Crippen molar-refractivity contribution in [3.8, 4) is 0 Å². The molecule has 2 N–H and O–H groups in total. The maximum atomic E-state index is 13.0. The van der Waals surface area contributed by atoms with Crippen LogP contribution in [0.2, 0.25) is 0 Å². The third-order valence-corrected chi connectivity index (χ3v) is 5.22. The second kappa shape index (κ2) is 11.5. The predicted molar refractivity (Wildman–Crippen MR) is 115 cm³/mol. The van der Waals surface area contributed by atoms with Gasteiger partial charge in [-0.2, -0.15) is 0 Å². The lowest BCUT2D eigenvalue weighted by molar-refractivity contribution is -0.908. The van der Waals surface area contributed by atoms with E-state index >= 15 is 0 Å². The highest BCUT2D eigenvalue weighted by molar-refractivity contribution is 5.93. The second-order valence-corrected chi connectivity index (χ2v) is 9.73. The first-order valence-electron chi connectivity index (χ1n) is 11.0. The molecule has 1 atom stereocenters. The quantitative estimate of drug-likeness (QED) is 0.596. The van der Waals surface area contributed by atoms with E-state index in [9.17, 15) is 9.59 Å². The fourth-order valence-electron chi connectivity index (χ4n) is 4.05. The number of quaternary nitrogens is 1. The van der Waals surface area contributed by atoms with Gasteiger partial charge in [0.1, 0.15) is 18.8 Å². The average Bonchev–Trinajstić information content (AvgIpc) is 3.04. The van der Waals surface area contributed by atoms with Crippen LogP contribution in [-0.4, -0.2) is 67.8 Å². The highest BCUT2D eigenvalue weighted by Crippen LogP contribution is 2.26. The molecule has 0 saturated carbocycles. The van der Waals surface area contributed by atoms with E-state index in [1.54, 1.807) is 17.9 Å². The highest BCUT2D eigenvalue weighted by Gasteiger charge is 2.23. The maximum Gasteiger partial charge on any atom is 0.245 e. The fraction of sp³-hybridized carbons (Fsp3) is 0.773. The average molecular weight is 424 g/mol. The van der Waals surface area contributed by atoms with Crippen LogP contribution < -0.4 is 10.2 Å². The van der Waals surface area contributed by atoms with E-state index in [0.29, 0.717) is 24.5 Å². The summed E-state index contributed by atoms with van der Waals surface area (Å²) in [7, 11) is 0. The molecule has 2 heterocycles. The Kier molecular flexibility index (Phi) is 9.30. The van der Waals surface area contributed by atoms with E-state index in [-0.39, 0.29) is 29.7 Å². The van der Waals surface area contributed by atoms with Gasteiger partial charge < -0.3 is 24.4 Å². The molecule has 0 radical (unpaired) electrons. The normalized spacial score (nSPS) is 16.3. The number of ether oxygens (including phenoxy) is 1. The van der Waals surface area contributed by atoms with Crippen molar-refractivity contribution in [1.82, 2.24) is 10.1 Å². The number of carbonyl (C=O) groups excluding carboxylic acids is 2. The summed E-state index contributed by atoms with van der Waals surface area (Å²) in [5.41, 5.74) is 0.173. The smallest absolute Gasteiger partial charge is 0.245 e. The first-order valence-corrected chi connectivity index (χ1v) is 11.0. The third-order valence-electron chi connectivity index (χ3n) is 5.22. The first-order chi connectivity index (χ1) is 14.1. The molecule has 30 heavy (non-hydrogen) atoms. The van der Waals surface area contributed by atoms with E-state index < -0.39 is 0 Å². The molecule has 2 rings (SSSR count). The van der Waals surface area contributed by atoms with Crippen LogP contribution >= 0.6 is 0 Å². The van der Waals surface area contributed by atoms with Crippen molar-refractivity contribution in [2.24, 2.45) is 11.3 Å². The Balaban J connectivity index is 1.91. The lowest BCUT2D eigenvalue weighted by atomic mass is 9.84. The van der Waals surface area contributed by atoms with Crippen LogP contribution in [-0.2, 0) is 14.3 Å². The minimum Gasteiger partial charge on any atom is -0.370 e. The Morgan fingerprint density at radius 3 is 2.60 bits per heavy atom. The van der Waals surface area contributed by atoms with Crippen molar-refractivity contribution >= 4 is 17.6 Å². The number of aryl methyl sites for hydroxylation is 1. The lowest BCUT2D eigenvalue weighted by Gasteiger charge is -2.28. The van der Waals surface area contributed by atoms with Crippen LogP contribution in [0.15, 0.2) is 10.6 Å². The topological polar surface area (TPSA) is 89.1 Å². The Hall–Kier alpha value is -1.93.